The van der Waals surface area contributed by atoms with Crippen LogP contribution in [0.1, 0.15) is 11.1 Å². The summed E-state index contributed by atoms with van der Waals surface area (Å²) >= 11 is 1.51. The molecule has 0 atom stereocenters. The van der Waals surface area contributed by atoms with Gasteiger partial charge in [-0.25, -0.2) is 9.97 Å². The highest BCUT2D eigenvalue weighted by Crippen LogP contribution is 2.37. The largest absolute Gasteiger partial charge is 0.364 e. The van der Waals surface area contributed by atoms with Gasteiger partial charge in [-0.05, 0) is 48.9 Å². The molecule has 2 aromatic heterocycles. The molecule has 0 spiro atoms. The van der Waals surface area contributed by atoms with Gasteiger partial charge in [0, 0.05) is 32.2 Å². The lowest BCUT2D eigenvalue weighted by Crippen LogP contribution is -2.24. The summed E-state index contributed by atoms with van der Waals surface area (Å²) in [5, 5.41) is 4.10. The van der Waals surface area contributed by atoms with E-state index in [0.29, 0.717) is 11.7 Å². The average Bonchev–Trinajstić information content (AvgIpc) is 2.76. The quantitative estimate of drug-likeness (QED) is 0.331. The highest BCUT2D eigenvalue weighted by atomic mass is 32.2. The molecule has 0 bridgehead atoms. The first-order chi connectivity index (χ1) is 14.1. The van der Waals surface area contributed by atoms with E-state index in [1.54, 1.807) is 26.6 Å². The van der Waals surface area contributed by atoms with Gasteiger partial charge in [0.1, 0.15) is 5.82 Å². The van der Waals surface area contributed by atoms with E-state index in [1.807, 2.05) is 18.4 Å². The number of rotatable bonds is 8. The van der Waals surface area contributed by atoms with E-state index >= 15 is 0 Å². The number of nitrogens with zero attached hydrogens (tertiary/aromatic N) is 3. The molecule has 0 unspecified atom stereocenters. The van der Waals surface area contributed by atoms with Crippen LogP contribution < -0.4 is 5.32 Å². The third-order valence-corrected chi connectivity index (χ3v) is 5.33. The predicted octanol–water partition coefficient (Wildman–Crippen LogP) is 4.58. The fourth-order valence-electron chi connectivity index (χ4n) is 2.99. The molecular formula is C22H26N4O2S. The Morgan fingerprint density at radius 2 is 1.69 bits per heavy atom. The predicted molar refractivity (Wildman–Crippen MR) is 118 cm³/mol. The highest BCUT2D eigenvalue weighted by Gasteiger charge is 2.19. The minimum Gasteiger partial charge on any atom is -0.364 e. The molecule has 6 nitrogen and oxygen atoms in total. The molecule has 0 saturated carbocycles. The van der Waals surface area contributed by atoms with Crippen LogP contribution in [0.5, 0.6) is 0 Å². The second-order valence-electron chi connectivity index (χ2n) is 6.60. The van der Waals surface area contributed by atoms with E-state index in [9.17, 15) is 0 Å². The normalized spacial score (nSPS) is 11.1. The van der Waals surface area contributed by atoms with Crippen LogP contribution in [0.2, 0.25) is 0 Å². The molecule has 0 aliphatic heterocycles. The molecule has 0 amide bonds. The van der Waals surface area contributed by atoms with Gasteiger partial charge in [0.2, 0.25) is 0 Å². The van der Waals surface area contributed by atoms with Crippen LogP contribution >= 0.6 is 11.8 Å². The Labute approximate surface area is 176 Å². The van der Waals surface area contributed by atoms with Crippen LogP contribution in [0.15, 0.2) is 47.9 Å². The number of benzene rings is 1. The summed E-state index contributed by atoms with van der Waals surface area (Å²) in [7, 11) is 3.24. The fourth-order valence-corrected chi connectivity index (χ4v) is 3.36. The Balaban J connectivity index is 2.20. The van der Waals surface area contributed by atoms with Gasteiger partial charge in [-0.15, -0.1) is 0 Å². The van der Waals surface area contributed by atoms with Gasteiger partial charge in [0.05, 0.1) is 17.8 Å². The molecule has 0 radical (unpaired) electrons. The van der Waals surface area contributed by atoms with Crippen molar-refractivity contribution in [1.29, 1.82) is 0 Å². The van der Waals surface area contributed by atoms with Crippen LogP contribution in [0.25, 0.3) is 22.4 Å². The van der Waals surface area contributed by atoms with Gasteiger partial charge < -0.3 is 14.8 Å². The summed E-state index contributed by atoms with van der Waals surface area (Å²) in [4.78, 5) is 13.7. The van der Waals surface area contributed by atoms with Gasteiger partial charge in [0.15, 0.2) is 11.4 Å². The molecule has 29 heavy (non-hydrogen) atoms. The van der Waals surface area contributed by atoms with Crippen molar-refractivity contribution in [3.8, 4) is 22.4 Å². The van der Waals surface area contributed by atoms with Crippen molar-refractivity contribution >= 4 is 17.6 Å². The maximum Gasteiger partial charge on any atom is 0.189 e. The SMILES string of the molecule is COC(CNc1nc(SC)nc(-c2ccncc2)c1-c1ccc(C)c(C)c1)OC. The third kappa shape index (κ3) is 4.93. The van der Waals surface area contributed by atoms with Crippen molar-refractivity contribution in [2.75, 3.05) is 32.3 Å². The smallest absolute Gasteiger partial charge is 0.189 e. The van der Waals surface area contributed by atoms with Crippen molar-refractivity contribution in [3.05, 3.63) is 53.9 Å². The van der Waals surface area contributed by atoms with Crippen molar-refractivity contribution in [1.82, 2.24) is 15.0 Å². The van der Waals surface area contributed by atoms with E-state index in [1.165, 1.54) is 22.9 Å². The first-order valence-corrected chi connectivity index (χ1v) is 10.5. The Hall–Kier alpha value is -2.48. The minimum absolute atomic E-state index is 0.375. The van der Waals surface area contributed by atoms with Crippen molar-refractivity contribution in [2.45, 2.75) is 25.3 Å². The maximum atomic E-state index is 5.33. The molecule has 3 rings (SSSR count). The van der Waals surface area contributed by atoms with Crippen LogP contribution in [0.3, 0.4) is 0 Å². The fraction of sp³-hybridized carbons (Fsp3) is 0.318. The van der Waals surface area contributed by atoms with Crippen molar-refractivity contribution in [3.63, 3.8) is 0 Å². The van der Waals surface area contributed by atoms with Crippen LogP contribution in [0, 0.1) is 13.8 Å². The Morgan fingerprint density at radius 1 is 0.966 bits per heavy atom. The van der Waals surface area contributed by atoms with Crippen molar-refractivity contribution in [2.24, 2.45) is 0 Å². The molecule has 1 N–H and O–H groups in total. The lowest BCUT2D eigenvalue weighted by molar-refractivity contribution is -0.0914. The monoisotopic (exact) mass is 410 g/mol. The topological polar surface area (TPSA) is 69.2 Å². The number of methoxy groups -OCH3 is 2. The summed E-state index contributed by atoms with van der Waals surface area (Å²) in [6, 6.07) is 10.3. The van der Waals surface area contributed by atoms with Crippen LogP contribution in [0.4, 0.5) is 5.82 Å². The molecule has 152 valence electrons. The summed E-state index contributed by atoms with van der Waals surface area (Å²) < 4.78 is 10.7. The van der Waals surface area contributed by atoms with Crippen LogP contribution in [-0.2, 0) is 9.47 Å². The number of nitrogens with one attached hydrogen (secondary N) is 1. The van der Waals surface area contributed by atoms with Crippen molar-refractivity contribution < 1.29 is 9.47 Å². The second kappa shape index (κ2) is 9.82. The standard InChI is InChI=1S/C22H26N4O2S/c1-14-6-7-17(12-15(14)2)19-20(16-8-10-23-11-9-16)25-22(29-5)26-21(19)24-13-18(27-3)28-4/h6-12,18H,13H2,1-5H3,(H,24,25,26). The number of anilines is 1. The lowest BCUT2D eigenvalue weighted by atomic mass is 9.97. The van der Waals surface area contributed by atoms with Gasteiger partial charge in [-0.3, -0.25) is 4.98 Å². The molecule has 3 aromatic rings. The molecule has 0 fully saturated rings. The minimum atomic E-state index is -0.375. The van der Waals surface area contributed by atoms with Gasteiger partial charge in [0.25, 0.3) is 0 Å². The number of hydrogen-bond donors (Lipinski definition) is 1. The van der Waals surface area contributed by atoms with E-state index in [4.69, 9.17) is 19.4 Å². The molecule has 7 heteroatoms. The molecule has 1 aromatic carbocycles. The first kappa shape index (κ1) is 21.2. The Bertz CT molecular complexity index is 963. The maximum absolute atomic E-state index is 5.33. The zero-order valence-corrected chi connectivity index (χ0v) is 18.2. The van der Waals surface area contributed by atoms with E-state index in [2.05, 4.69) is 42.3 Å². The van der Waals surface area contributed by atoms with Gasteiger partial charge in [-0.1, -0.05) is 30.0 Å². The van der Waals surface area contributed by atoms with Gasteiger partial charge in [-0.2, -0.15) is 0 Å². The van der Waals surface area contributed by atoms with Crippen LogP contribution in [-0.4, -0.2) is 48.3 Å². The molecule has 0 aliphatic carbocycles. The highest BCUT2D eigenvalue weighted by molar-refractivity contribution is 7.98. The zero-order chi connectivity index (χ0) is 20.8. The first-order valence-electron chi connectivity index (χ1n) is 9.30. The molecule has 2 heterocycles. The Morgan fingerprint density at radius 3 is 2.31 bits per heavy atom. The molecule has 0 saturated heterocycles. The lowest BCUT2D eigenvalue weighted by Gasteiger charge is -2.19. The molecule has 0 aliphatic rings. The molecular weight excluding hydrogens is 384 g/mol. The Kier molecular flexibility index (Phi) is 7.19. The van der Waals surface area contributed by atoms with E-state index in [-0.39, 0.29) is 6.29 Å². The number of thioether (sulfide) groups is 1. The number of ether oxygens (including phenoxy) is 2. The summed E-state index contributed by atoms with van der Waals surface area (Å²) in [6.45, 7) is 4.68. The number of aryl methyl sites for hydroxylation is 2. The second-order valence-corrected chi connectivity index (χ2v) is 7.37. The number of pyridine rings is 1. The summed E-state index contributed by atoms with van der Waals surface area (Å²) in [6.07, 6.45) is 5.15. The summed E-state index contributed by atoms with van der Waals surface area (Å²) in [5.74, 6) is 0.749. The van der Waals surface area contributed by atoms with Gasteiger partial charge >= 0.3 is 0 Å². The zero-order valence-electron chi connectivity index (χ0n) is 17.4. The number of aromatic nitrogens is 3. The van der Waals surface area contributed by atoms with E-state index in [0.717, 1.165) is 28.2 Å². The summed E-state index contributed by atoms with van der Waals surface area (Å²) in [5.41, 5.74) is 6.32. The number of hydrogen-bond acceptors (Lipinski definition) is 7. The average molecular weight is 411 g/mol. The van der Waals surface area contributed by atoms with E-state index < -0.39 is 0 Å². The third-order valence-electron chi connectivity index (χ3n) is 4.78.